The second-order valence-corrected chi connectivity index (χ2v) is 4.48. The van der Waals surface area contributed by atoms with E-state index < -0.39 is 0 Å². The Labute approximate surface area is 104 Å². The first-order valence-electron chi connectivity index (χ1n) is 6.07. The molecule has 18 heavy (non-hydrogen) atoms. The molecule has 1 aliphatic rings. The topological polar surface area (TPSA) is 75.6 Å². The zero-order valence-electron chi connectivity index (χ0n) is 9.83. The normalized spacial score (nSPS) is 15.7. The third-order valence-electron chi connectivity index (χ3n) is 3.27. The van der Waals surface area contributed by atoms with Crippen molar-refractivity contribution in [2.45, 2.75) is 31.6 Å². The van der Waals surface area contributed by atoms with E-state index in [2.05, 4.69) is 15.1 Å². The van der Waals surface area contributed by atoms with Gasteiger partial charge in [0.15, 0.2) is 5.82 Å². The molecule has 2 aromatic heterocycles. The summed E-state index contributed by atoms with van der Waals surface area (Å²) in [4.78, 5) is 8.54. The predicted molar refractivity (Wildman–Crippen MR) is 63.5 cm³/mol. The molecule has 1 fully saturated rings. The largest absolute Gasteiger partial charge is 0.332 e. The van der Waals surface area contributed by atoms with Crippen LogP contribution >= 0.6 is 0 Å². The average Bonchev–Trinajstić information content (AvgIpc) is 3.09. The number of nitrogens with zero attached hydrogens (tertiary/aromatic N) is 4. The standard InChI is InChI=1S/C13H12N4O/c14-7-9-5-6-11(15-8-9)13-16-12(17-18-13)10-3-1-2-4-10/h5-6,8,10H,1-4H2. The van der Waals surface area contributed by atoms with Crippen LogP contribution in [-0.4, -0.2) is 15.1 Å². The first-order chi connectivity index (χ1) is 8.86. The van der Waals surface area contributed by atoms with Gasteiger partial charge in [0.05, 0.1) is 5.56 Å². The van der Waals surface area contributed by atoms with Gasteiger partial charge in [0.1, 0.15) is 11.8 Å². The number of hydrogen-bond donors (Lipinski definition) is 0. The lowest BCUT2D eigenvalue weighted by Gasteiger charge is -1.99. The highest BCUT2D eigenvalue weighted by molar-refractivity contribution is 5.47. The third kappa shape index (κ3) is 1.97. The molecule has 90 valence electrons. The van der Waals surface area contributed by atoms with Gasteiger partial charge < -0.3 is 4.52 Å². The third-order valence-corrected chi connectivity index (χ3v) is 3.27. The van der Waals surface area contributed by atoms with Crippen LogP contribution in [0, 0.1) is 11.3 Å². The van der Waals surface area contributed by atoms with Crippen molar-refractivity contribution in [1.29, 1.82) is 5.26 Å². The van der Waals surface area contributed by atoms with Crippen molar-refractivity contribution in [2.24, 2.45) is 0 Å². The molecule has 2 heterocycles. The molecule has 0 N–H and O–H groups in total. The molecular formula is C13H12N4O. The number of nitriles is 1. The van der Waals surface area contributed by atoms with Crippen molar-refractivity contribution in [1.82, 2.24) is 15.1 Å². The molecule has 0 amide bonds. The lowest BCUT2D eigenvalue weighted by atomic mass is 10.1. The summed E-state index contributed by atoms with van der Waals surface area (Å²) in [5.74, 6) is 1.65. The van der Waals surface area contributed by atoms with E-state index in [1.54, 1.807) is 12.1 Å². The van der Waals surface area contributed by atoms with Crippen molar-refractivity contribution >= 4 is 0 Å². The van der Waals surface area contributed by atoms with E-state index in [-0.39, 0.29) is 0 Å². The fraction of sp³-hybridized carbons (Fsp3) is 0.385. The lowest BCUT2D eigenvalue weighted by Crippen LogP contribution is -1.94. The van der Waals surface area contributed by atoms with Crippen molar-refractivity contribution in [3.8, 4) is 17.7 Å². The molecule has 0 aliphatic heterocycles. The van der Waals surface area contributed by atoms with Crippen molar-refractivity contribution in [3.63, 3.8) is 0 Å². The van der Waals surface area contributed by atoms with Gasteiger partial charge in [0, 0.05) is 12.1 Å². The SMILES string of the molecule is N#Cc1ccc(-c2nc(C3CCCC3)no2)nc1. The van der Waals surface area contributed by atoms with Crippen LogP contribution in [0.2, 0.25) is 0 Å². The minimum absolute atomic E-state index is 0.431. The molecule has 2 aromatic rings. The summed E-state index contributed by atoms with van der Waals surface area (Å²) in [5.41, 5.74) is 1.14. The van der Waals surface area contributed by atoms with Gasteiger partial charge >= 0.3 is 0 Å². The number of rotatable bonds is 2. The minimum Gasteiger partial charge on any atom is -0.332 e. The Morgan fingerprint density at radius 2 is 2.11 bits per heavy atom. The van der Waals surface area contributed by atoms with Gasteiger partial charge in [-0.3, -0.25) is 0 Å². The fourth-order valence-electron chi connectivity index (χ4n) is 2.28. The summed E-state index contributed by atoms with van der Waals surface area (Å²) in [6.45, 7) is 0. The number of aromatic nitrogens is 3. The summed E-state index contributed by atoms with van der Waals surface area (Å²) in [5, 5.41) is 12.7. The summed E-state index contributed by atoms with van der Waals surface area (Å²) in [7, 11) is 0. The van der Waals surface area contributed by atoms with E-state index in [9.17, 15) is 0 Å². The first kappa shape index (κ1) is 10.9. The van der Waals surface area contributed by atoms with Gasteiger partial charge in [-0.2, -0.15) is 10.2 Å². The van der Waals surface area contributed by atoms with Gasteiger partial charge in [-0.15, -0.1) is 0 Å². The van der Waals surface area contributed by atoms with Crippen LogP contribution in [0.1, 0.15) is 43.0 Å². The van der Waals surface area contributed by atoms with Gasteiger partial charge in [0.25, 0.3) is 5.89 Å². The Balaban J connectivity index is 1.85. The van der Waals surface area contributed by atoms with Crippen LogP contribution in [-0.2, 0) is 0 Å². The maximum Gasteiger partial charge on any atom is 0.276 e. The Bertz CT molecular complexity index is 576. The van der Waals surface area contributed by atoms with Crippen LogP contribution in [0.3, 0.4) is 0 Å². The molecule has 0 aromatic carbocycles. The van der Waals surface area contributed by atoms with E-state index in [4.69, 9.17) is 9.78 Å². The van der Waals surface area contributed by atoms with Crippen molar-refractivity contribution in [2.75, 3.05) is 0 Å². The number of pyridine rings is 1. The molecule has 1 saturated carbocycles. The zero-order valence-corrected chi connectivity index (χ0v) is 9.83. The Morgan fingerprint density at radius 1 is 1.28 bits per heavy atom. The highest BCUT2D eigenvalue weighted by atomic mass is 16.5. The van der Waals surface area contributed by atoms with Gasteiger partial charge in [-0.05, 0) is 25.0 Å². The molecule has 3 rings (SSSR count). The summed E-state index contributed by atoms with van der Waals surface area (Å²) >= 11 is 0. The van der Waals surface area contributed by atoms with Crippen LogP contribution in [0.4, 0.5) is 0 Å². The Hall–Kier alpha value is -2.22. The smallest absolute Gasteiger partial charge is 0.276 e. The lowest BCUT2D eigenvalue weighted by molar-refractivity contribution is 0.414. The molecule has 0 bridgehead atoms. The quantitative estimate of drug-likeness (QED) is 0.806. The van der Waals surface area contributed by atoms with Crippen molar-refractivity contribution < 1.29 is 4.52 Å². The second kappa shape index (κ2) is 4.57. The maximum absolute atomic E-state index is 8.71. The molecule has 5 nitrogen and oxygen atoms in total. The fourth-order valence-corrected chi connectivity index (χ4v) is 2.28. The molecule has 5 heteroatoms. The highest BCUT2D eigenvalue weighted by Crippen LogP contribution is 2.33. The average molecular weight is 240 g/mol. The summed E-state index contributed by atoms with van der Waals surface area (Å²) in [6, 6.07) is 5.45. The minimum atomic E-state index is 0.431. The van der Waals surface area contributed by atoms with Gasteiger partial charge in [0.2, 0.25) is 0 Å². The molecule has 0 unspecified atom stereocenters. The van der Waals surface area contributed by atoms with E-state index >= 15 is 0 Å². The summed E-state index contributed by atoms with van der Waals surface area (Å²) < 4.78 is 5.23. The monoisotopic (exact) mass is 240 g/mol. The Kier molecular flexibility index (Phi) is 2.77. The molecule has 0 radical (unpaired) electrons. The van der Waals surface area contributed by atoms with Crippen LogP contribution in [0.15, 0.2) is 22.9 Å². The van der Waals surface area contributed by atoms with Crippen LogP contribution < -0.4 is 0 Å². The first-order valence-corrected chi connectivity index (χ1v) is 6.07. The van der Waals surface area contributed by atoms with Crippen LogP contribution in [0.25, 0.3) is 11.6 Å². The second-order valence-electron chi connectivity index (χ2n) is 4.48. The molecule has 1 aliphatic carbocycles. The van der Waals surface area contributed by atoms with E-state index in [0.717, 1.165) is 18.7 Å². The molecular weight excluding hydrogens is 228 g/mol. The zero-order chi connectivity index (χ0) is 12.4. The molecule has 0 saturated heterocycles. The summed E-state index contributed by atoms with van der Waals surface area (Å²) in [6.07, 6.45) is 6.27. The highest BCUT2D eigenvalue weighted by Gasteiger charge is 2.22. The molecule has 0 atom stereocenters. The van der Waals surface area contributed by atoms with E-state index in [1.165, 1.54) is 19.0 Å². The predicted octanol–water partition coefficient (Wildman–Crippen LogP) is 2.66. The van der Waals surface area contributed by atoms with Gasteiger partial charge in [-0.1, -0.05) is 18.0 Å². The maximum atomic E-state index is 8.71. The number of hydrogen-bond acceptors (Lipinski definition) is 5. The van der Waals surface area contributed by atoms with Gasteiger partial charge in [-0.25, -0.2) is 4.98 Å². The van der Waals surface area contributed by atoms with Crippen molar-refractivity contribution in [3.05, 3.63) is 29.7 Å². The Morgan fingerprint density at radius 3 is 2.78 bits per heavy atom. The van der Waals surface area contributed by atoms with E-state index in [0.29, 0.717) is 23.1 Å². The van der Waals surface area contributed by atoms with E-state index in [1.807, 2.05) is 6.07 Å². The molecule has 0 spiro atoms. The van der Waals surface area contributed by atoms with Crippen LogP contribution in [0.5, 0.6) is 0 Å².